The summed E-state index contributed by atoms with van der Waals surface area (Å²) in [4.78, 5) is 32.0. The second kappa shape index (κ2) is 9.22. The predicted octanol–water partition coefficient (Wildman–Crippen LogP) is 6.01. The van der Waals surface area contributed by atoms with E-state index < -0.39 is 0 Å². The average Bonchev–Trinajstić information content (AvgIpc) is 2.83. The molecule has 3 heterocycles. The maximum absolute atomic E-state index is 13.1. The monoisotopic (exact) mass is 463 g/mol. The minimum atomic E-state index is -0.254. The van der Waals surface area contributed by atoms with Crippen molar-refractivity contribution in [3.63, 3.8) is 0 Å². The van der Waals surface area contributed by atoms with Gasteiger partial charge in [-0.1, -0.05) is 45.7 Å². The van der Waals surface area contributed by atoms with Crippen molar-refractivity contribution < 1.29 is 4.79 Å². The van der Waals surface area contributed by atoms with Gasteiger partial charge in [-0.05, 0) is 80.9 Å². The van der Waals surface area contributed by atoms with E-state index >= 15 is 0 Å². The molecule has 4 atom stereocenters. The van der Waals surface area contributed by atoms with Crippen LogP contribution in [0.5, 0.6) is 0 Å². The normalized spacial score (nSPS) is 31.8. The highest BCUT2D eigenvalue weighted by Crippen LogP contribution is 2.58. The van der Waals surface area contributed by atoms with Crippen LogP contribution in [-0.2, 0) is 0 Å². The van der Waals surface area contributed by atoms with E-state index in [2.05, 4.69) is 30.7 Å². The Morgan fingerprint density at radius 1 is 0.971 bits per heavy atom. The maximum atomic E-state index is 13.1. The predicted molar refractivity (Wildman–Crippen MR) is 137 cm³/mol. The van der Waals surface area contributed by atoms with Crippen LogP contribution in [0.25, 0.3) is 11.0 Å². The molecule has 4 bridgehead atoms. The van der Waals surface area contributed by atoms with Gasteiger partial charge >= 0.3 is 0 Å². The number of carbonyl (C=O) groups is 1. The van der Waals surface area contributed by atoms with Crippen LogP contribution in [0.15, 0.2) is 29.1 Å². The zero-order valence-electron chi connectivity index (χ0n) is 21.4. The number of ketones is 1. The third kappa shape index (κ3) is 4.04. The van der Waals surface area contributed by atoms with Crippen molar-refractivity contribution in [2.24, 2.45) is 17.3 Å². The molecular formula is C29H41N3O2. The molecule has 3 saturated carbocycles. The van der Waals surface area contributed by atoms with E-state index in [0.717, 1.165) is 47.7 Å². The first-order valence-corrected chi connectivity index (χ1v) is 13.6. The van der Waals surface area contributed by atoms with Crippen molar-refractivity contribution >= 4 is 16.8 Å². The summed E-state index contributed by atoms with van der Waals surface area (Å²) in [5.41, 5.74) is 2.17. The van der Waals surface area contributed by atoms with Gasteiger partial charge < -0.3 is 4.57 Å². The first-order valence-electron chi connectivity index (χ1n) is 13.6. The lowest BCUT2D eigenvalue weighted by Gasteiger charge is -2.56. The highest BCUT2D eigenvalue weighted by molar-refractivity contribution is 5.93. The lowest BCUT2D eigenvalue weighted by atomic mass is 9.49. The fourth-order valence-corrected chi connectivity index (χ4v) is 7.64. The van der Waals surface area contributed by atoms with Crippen molar-refractivity contribution in [3.8, 4) is 0 Å². The SMILES string of the molecule is CC1(C)C2CCCC1C2.CCN1C2CCCC1CC(n1c(=O)c(C(C)=O)nc3ccccc31)C2. The molecule has 0 N–H and O–H groups in total. The summed E-state index contributed by atoms with van der Waals surface area (Å²) in [6.45, 7) is 9.63. The summed E-state index contributed by atoms with van der Waals surface area (Å²) in [6.07, 6.45) is 11.8. The van der Waals surface area contributed by atoms with Gasteiger partial charge in [-0.25, -0.2) is 4.98 Å². The number of benzene rings is 1. The second-order valence-electron chi connectivity index (χ2n) is 11.8. The summed E-state index contributed by atoms with van der Waals surface area (Å²) < 4.78 is 1.87. The Morgan fingerprint density at radius 2 is 1.59 bits per heavy atom. The van der Waals surface area contributed by atoms with Gasteiger partial charge in [0.15, 0.2) is 11.5 Å². The molecule has 1 aromatic heterocycles. The highest BCUT2D eigenvalue weighted by atomic mass is 16.1. The molecule has 4 unspecified atom stereocenters. The largest absolute Gasteiger partial charge is 0.302 e. The summed E-state index contributed by atoms with van der Waals surface area (Å²) in [5, 5.41) is 0. The van der Waals surface area contributed by atoms with E-state index in [1.807, 2.05) is 28.8 Å². The van der Waals surface area contributed by atoms with Gasteiger partial charge in [0.25, 0.3) is 5.56 Å². The minimum absolute atomic E-state index is 0.0711. The second-order valence-corrected chi connectivity index (χ2v) is 11.8. The number of para-hydroxylation sites is 2. The van der Waals surface area contributed by atoms with Crippen LogP contribution in [0.3, 0.4) is 0 Å². The van der Waals surface area contributed by atoms with Gasteiger partial charge in [0, 0.05) is 25.0 Å². The topological polar surface area (TPSA) is 55.2 Å². The molecule has 5 heteroatoms. The zero-order chi connectivity index (χ0) is 24.0. The average molecular weight is 464 g/mol. The van der Waals surface area contributed by atoms with Gasteiger partial charge in [0.05, 0.1) is 11.0 Å². The number of hydrogen-bond donors (Lipinski definition) is 0. The smallest absolute Gasteiger partial charge is 0.280 e. The Balaban J connectivity index is 0.000000222. The third-order valence-electron chi connectivity index (χ3n) is 9.74. The number of aromatic nitrogens is 2. The Labute approximate surface area is 203 Å². The van der Waals surface area contributed by atoms with Crippen molar-refractivity contribution in [2.45, 2.75) is 104 Å². The molecule has 0 spiro atoms. The third-order valence-corrected chi connectivity index (χ3v) is 9.74. The summed E-state index contributed by atoms with van der Waals surface area (Å²) in [7, 11) is 0. The van der Waals surface area contributed by atoms with E-state index in [-0.39, 0.29) is 23.1 Å². The van der Waals surface area contributed by atoms with Crippen LogP contribution >= 0.6 is 0 Å². The lowest BCUT2D eigenvalue weighted by molar-refractivity contribution is -0.0646. The minimum Gasteiger partial charge on any atom is -0.302 e. The summed E-state index contributed by atoms with van der Waals surface area (Å²) in [6, 6.07) is 8.92. The molecule has 7 rings (SSSR count). The van der Waals surface area contributed by atoms with Crippen molar-refractivity contribution in [3.05, 3.63) is 40.3 Å². The number of Topliss-reactive ketones (excluding diaryl/α,β-unsaturated/α-hetero) is 1. The molecule has 5 aliphatic rings. The van der Waals surface area contributed by atoms with Crippen LogP contribution in [0.1, 0.15) is 102 Å². The lowest BCUT2D eigenvalue weighted by Crippen LogP contribution is -2.53. The van der Waals surface area contributed by atoms with Gasteiger partial charge in [-0.2, -0.15) is 0 Å². The van der Waals surface area contributed by atoms with E-state index in [4.69, 9.17) is 0 Å². The molecule has 1 aromatic carbocycles. The van der Waals surface area contributed by atoms with E-state index in [0.29, 0.717) is 12.1 Å². The Hall–Kier alpha value is -2.01. The van der Waals surface area contributed by atoms with Gasteiger partial charge in [0.1, 0.15) is 0 Å². The molecule has 2 aromatic rings. The molecule has 5 fully saturated rings. The summed E-state index contributed by atoms with van der Waals surface area (Å²) >= 11 is 0. The highest BCUT2D eigenvalue weighted by Gasteiger charge is 2.49. The molecule has 2 aliphatic heterocycles. The van der Waals surface area contributed by atoms with Gasteiger partial charge in [0.2, 0.25) is 0 Å². The quantitative estimate of drug-likeness (QED) is 0.523. The molecule has 5 nitrogen and oxygen atoms in total. The van der Waals surface area contributed by atoms with E-state index in [9.17, 15) is 9.59 Å². The fraction of sp³-hybridized carbons (Fsp3) is 0.690. The van der Waals surface area contributed by atoms with Crippen molar-refractivity contribution in [2.75, 3.05) is 6.54 Å². The Morgan fingerprint density at radius 3 is 2.12 bits per heavy atom. The van der Waals surface area contributed by atoms with Gasteiger partial charge in [-0.15, -0.1) is 0 Å². The number of carbonyl (C=O) groups excluding carboxylic acids is 1. The molecule has 34 heavy (non-hydrogen) atoms. The van der Waals surface area contributed by atoms with Crippen molar-refractivity contribution in [1.29, 1.82) is 0 Å². The number of piperidine rings is 2. The molecule has 0 amide bonds. The molecular weight excluding hydrogens is 422 g/mol. The standard InChI is InChI=1S/C20H25N3O2.C9H16/c1-3-22-14-7-6-8-15(22)12-16(11-14)23-18-10-5-4-9-17(18)21-19(13(2)24)20(23)25;1-9(2)7-4-3-5-8(9)6-7/h4-5,9-10,14-16H,3,6-8,11-12H2,1-2H3;7-8H,3-6H2,1-2H3. The Kier molecular flexibility index (Phi) is 6.43. The number of hydrogen-bond acceptors (Lipinski definition) is 4. The van der Waals surface area contributed by atoms with Crippen LogP contribution in [0, 0.1) is 17.3 Å². The maximum Gasteiger partial charge on any atom is 0.280 e. The summed E-state index contributed by atoms with van der Waals surface area (Å²) in [5.74, 6) is 1.93. The molecule has 184 valence electrons. The fourth-order valence-electron chi connectivity index (χ4n) is 7.64. The first kappa shape index (κ1) is 23.7. The molecule has 3 aliphatic carbocycles. The zero-order valence-corrected chi connectivity index (χ0v) is 21.4. The van der Waals surface area contributed by atoms with Crippen molar-refractivity contribution in [1.82, 2.24) is 14.5 Å². The van der Waals surface area contributed by atoms with E-state index in [1.165, 1.54) is 45.4 Å². The van der Waals surface area contributed by atoms with Gasteiger partial charge in [-0.3, -0.25) is 14.5 Å². The number of rotatable bonds is 3. The molecule has 2 saturated heterocycles. The first-order chi connectivity index (χ1) is 16.3. The van der Waals surface area contributed by atoms with E-state index in [1.54, 1.807) is 6.42 Å². The molecule has 0 radical (unpaired) electrons. The van der Waals surface area contributed by atoms with Crippen LogP contribution < -0.4 is 5.56 Å². The van der Waals surface area contributed by atoms with Crippen LogP contribution in [-0.4, -0.2) is 38.9 Å². The number of fused-ring (bicyclic) bond motifs is 5. The number of nitrogens with zero attached hydrogens (tertiary/aromatic N) is 3. The van der Waals surface area contributed by atoms with Crippen LogP contribution in [0.2, 0.25) is 0 Å². The van der Waals surface area contributed by atoms with Crippen LogP contribution in [0.4, 0.5) is 0 Å². The Bertz CT molecular complexity index is 1090.